The van der Waals surface area contributed by atoms with Gasteiger partial charge < -0.3 is 19.9 Å². The van der Waals surface area contributed by atoms with Crippen molar-refractivity contribution in [1.29, 1.82) is 5.26 Å². The fraction of sp³-hybridized carbons (Fsp3) is 0.143. The quantitative estimate of drug-likeness (QED) is 0.251. The number of carbonyl (C=O) groups is 1. The molecule has 1 unspecified atom stereocenters. The van der Waals surface area contributed by atoms with Gasteiger partial charge in [-0.15, -0.1) is 0 Å². The maximum Gasteiger partial charge on any atom is 0.336 e. The number of ether oxygens (including phenoxy) is 3. The van der Waals surface area contributed by atoms with Crippen LogP contribution in [-0.2, 0) is 4.79 Å². The number of hydrogen-bond donors (Lipinski definition) is 1. The number of nitrogens with two attached hydrogens (primary N) is 1. The second kappa shape index (κ2) is 10.8. The van der Waals surface area contributed by atoms with Crippen molar-refractivity contribution < 1.29 is 19.0 Å². The summed E-state index contributed by atoms with van der Waals surface area (Å²) in [6.45, 7) is 2.67. The van der Waals surface area contributed by atoms with E-state index in [4.69, 9.17) is 31.5 Å². The molecule has 1 atom stereocenters. The van der Waals surface area contributed by atoms with Gasteiger partial charge in [-0.05, 0) is 47.9 Å². The van der Waals surface area contributed by atoms with Crippen LogP contribution in [0.2, 0.25) is 5.02 Å². The maximum absolute atomic E-state index is 12.3. The molecule has 176 valence electrons. The second-order valence-corrected chi connectivity index (χ2v) is 8.23. The number of nitriles is 1. The van der Waals surface area contributed by atoms with Crippen molar-refractivity contribution in [1.82, 2.24) is 0 Å². The van der Waals surface area contributed by atoms with Crippen LogP contribution in [0.1, 0.15) is 36.0 Å². The van der Waals surface area contributed by atoms with Crippen LogP contribution in [0.5, 0.6) is 17.2 Å². The van der Waals surface area contributed by atoms with E-state index in [-0.39, 0.29) is 11.6 Å². The minimum Gasteiger partial charge on any atom is -0.494 e. The minimum atomic E-state index is -0.568. The van der Waals surface area contributed by atoms with Crippen LogP contribution in [0.25, 0.3) is 6.08 Å². The van der Waals surface area contributed by atoms with E-state index >= 15 is 0 Å². The lowest BCUT2D eigenvalue weighted by molar-refractivity contribution is -0.128. The Labute approximate surface area is 208 Å². The SMILES string of the molecule is CCCOc1ccc(C2C(C#N)=C(N)Oc3cc(OC(=O)/C=C/c4ccccc4Cl)ccc32)cc1. The van der Waals surface area contributed by atoms with Gasteiger partial charge in [0.15, 0.2) is 0 Å². The van der Waals surface area contributed by atoms with Crippen LogP contribution >= 0.6 is 11.6 Å². The highest BCUT2D eigenvalue weighted by atomic mass is 35.5. The molecule has 35 heavy (non-hydrogen) atoms. The Morgan fingerprint density at radius 3 is 2.60 bits per heavy atom. The van der Waals surface area contributed by atoms with E-state index in [2.05, 4.69) is 6.07 Å². The first-order chi connectivity index (χ1) is 17.0. The Bertz CT molecular complexity index is 1340. The number of carbonyl (C=O) groups excluding carboxylic acids is 1. The van der Waals surface area contributed by atoms with E-state index in [0.717, 1.165) is 23.3 Å². The summed E-state index contributed by atoms with van der Waals surface area (Å²) in [7, 11) is 0. The average Bonchev–Trinajstić information content (AvgIpc) is 2.86. The highest BCUT2D eigenvalue weighted by Gasteiger charge is 2.31. The lowest BCUT2D eigenvalue weighted by Gasteiger charge is -2.26. The Morgan fingerprint density at radius 1 is 1.14 bits per heavy atom. The zero-order chi connectivity index (χ0) is 24.8. The van der Waals surface area contributed by atoms with E-state index in [1.165, 1.54) is 6.08 Å². The van der Waals surface area contributed by atoms with Gasteiger partial charge in [0.25, 0.3) is 0 Å². The highest BCUT2D eigenvalue weighted by molar-refractivity contribution is 6.32. The Balaban J connectivity index is 1.57. The summed E-state index contributed by atoms with van der Waals surface area (Å²) in [4.78, 5) is 12.3. The van der Waals surface area contributed by atoms with Gasteiger partial charge in [0.1, 0.15) is 28.9 Å². The molecular weight excluding hydrogens is 464 g/mol. The number of benzene rings is 3. The number of halogens is 1. The zero-order valence-electron chi connectivity index (χ0n) is 19.0. The molecule has 1 aliphatic heterocycles. The third-order valence-electron chi connectivity index (χ3n) is 5.40. The van der Waals surface area contributed by atoms with Crippen molar-refractivity contribution in [3.05, 3.63) is 106 Å². The van der Waals surface area contributed by atoms with E-state index in [1.807, 2.05) is 43.3 Å². The summed E-state index contributed by atoms with van der Waals surface area (Å²) in [5, 5.41) is 10.3. The van der Waals surface area contributed by atoms with Crippen LogP contribution in [0.3, 0.4) is 0 Å². The summed E-state index contributed by atoms with van der Waals surface area (Å²) in [5.41, 5.74) is 8.71. The van der Waals surface area contributed by atoms with Gasteiger partial charge in [-0.3, -0.25) is 0 Å². The van der Waals surface area contributed by atoms with Crippen molar-refractivity contribution in [2.45, 2.75) is 19.3 Å². The first-order valence-electron chi connectivity index (χ1n) is 11.1. The number of rotatable bonds is 7. The largest absolute Gasteiger partial charge is 0.494 e. The molecule has 0 saturated carbocycles. The molecule has 0 amide bonds. The molecular formula is C28H23ClN2O4. The maximum atomic E-state index is 12.3. The molecule has 4 rings (SSSR count). The molecule has 0 saturated heterocycles. The molecule has 0 aliphatic carbocycles. The van der Waals surface area contributed by atoms with Crippen molar-refractivity contribution in [3.8, 4) is 23.3 Å². The third-order valence-corrected chi connectivity index (χ3v) is 5.74. The first-order valence-corrected chi connectivity index (χ1v) is 11.5. The predicted molar refractivity (Wildman–Crippen MR) is 134 cm³/mol. The van der Waals surface area contributed by atoms with Crippen molar-refractivity contribution in [3.63, 3.8) is 0 Å². The molecule has 3 aromatic carbocycles. The molecule has 7 heteroatoms. The lowest BCUT2D eigenvalue weighted by Crippen LogP contribution is -2.21. The number of esters is 1. The summed E-state index contributed by atoms with van der Waals surface area (Å²) in [6.07, 6.45) is 3.80. The summed E-state index contributed by atoms with van der Waals surface area (Å²) >= 11 is 6.11. The summed E-state index contributed by atoms with van der Waals surface area (Å²) < 4.78 is 16.8. The van der Waals surface area contributed by atoms with Gasteiger partial charge in [-0.25, -0.2) is 4.79 Å². The number of allylic oxidation sites excluding steroid dienone is 1. The van der Waals surface area contributed by atoms with Gasteiger partial charge in [0.05, 0.1) is 12.5 Å². The van der Waals surface area contributed by atoms with Crippen molar-refractivity contribution in [2.75, 3.05) is 6.61 Å². The van der Waals surface area contributed by atoms with Gasteiger partial charge in [-0.2, -0.15) is 5.26 Å². The molecule has 1 aliphatic rings. The fourth-order valence-corrected chi connectivity index (χ4v) is 3.94. The van der Waals surface area contributed by atoms with Gasteiger partial charge in [-0.1, -0.05) is 54.9 Å². The van der Waals surface area contributed by atoms with Crippen LogP contribution in [0.15, 0.2) is 84.3 Å². The van der Waals surface area contributed by atoms with Crippen LogP contribution in [0, 0.1) is 11.3 Å². The van der Waals surface area contributed by atoms with E-state index in [0.29, 0.717) is 28.5 Å². The van der Waals surface area contributed by atoms with E-state index in [1.54, 1.807) is 36.4 Å². The van der Waals surface area contributed by atoms with Gasteiger partial charge in [0.2, 0.25) is 5.88 Å². The fourth-order valence-electron chi connectivity index (χ4n) is 3.74. The van der Waals surface area contributed by atoms with Gasteiger partial charge in [0, 0.05) is 22.7 Å². The number of nitrogens with zero attached hydrogens (tertiary/aromatic N) is 1. The normalized spacial score (nSPS) is 14.7. The van der Waals surface area contributed by atoms with Crippen molar-refractivity contribution in [2.24, 2.45) is 5.73 Å². The molecule has 1 heterocycles. The Morgan fingerprint density at radius 2 is 1.89 bits per heavy atom. The summed E-state index contributed by atoms with van der Waals surface area (Å²) in [6, 6.07) is 21.9. The number of fused-ring (bicyclic) bond motifs is 1. The molecule has 2 N–H and O–H groups in total. The molecule has 6 nitrogen and oxygen atoms in total. The van der Waals surface area contributed by atoms with E-state index < -0.39 is 11.9 Å². The van der Waals surface area contributed by atoms with Crippen molar-refractivity contribution >= 4 is 23.6 Å². The second-order valence-electron chi connectivity index (χ2n) is 7.82. The smallest absolute Gasteiger partial charge is 0.336 e. The number of hydrogen-bond acceptors (Lipinski definition) is 6. The molecule has 0 fully saturated rings. The topological polar surface area (TPSA) is 94.6 Å². The van der Waals surface area contributed by atoms with Crippen LogP contribution < -0.4 is 19.9 Å². The molecule has 3 aromatic rings. The third kappa shape index (κ3) is 5.48. The summed E-state index contributed by atoms with van der Waals surface area (Å²) in [5.74, 6) is 0.477. The Kier molecular flexibility index (Phi) is 7.39. The average molecular weight is 487 g/mol. The molecule has 0 bridgehead atoms. The molecule has 0 spiro atoms. The first kappa shape index (κ1) is 23.9. The Hall–Kier alpha value is -4.21. The predicted octanol–water partition coefficient (Wildman–Crippen LogP) is 5.97. The van der Waals surface area contributed by atoms with Crippen LogP contribution in [-0.4, -0.2) is 12.6 Å². The van der Waals surface area contributed by atoms with Gasteiger partial charge >= 0.3 is 5.97 Å². The highest BCUT2D eigenvalue weighted by Crippen LogP contribution is 2.43. The molecule has 0 radical (unpaired) electrons. The van der Waals surface area contributed by atoms with E-state index in [9.17, 15) is 10.1 Å². The lowest BCUT2D eigenvalue weighted by atomic mass is 9.83. The minimum absolute atomic E-state index is 0.0124. The van der Waals surface area contributed by atoms with Crippen LogP contribution in [0.4, 0.5) is 0 Å². The monoisotopic (exact) mass is 486 g/mol. The standard InChI is InChI=1S/C28H23ClN2O4/c1-2-15-33-20-10-7-19(8-11-20)27-22-13-12-21(16-25(22)35-28(31)23(27)17-30)34-26(32)14-9-18-5-3-4-6-24(18)29/h3-14,16,27H,2,15,31H2,1H3/b14-9+. The zero-order valence-corrected chi connectivity index (χ0v) is 19.8. The molecule has 0 aromatic heterocycles.